The monoisotopic (exact) mass is 946 g/mol. The summed E-state index contributed by atoms with van der Waals surface area (Å²) in [5, 5.41) is 3.64. The van der Waals surface area contributed by atoms with Gasteiger partial charge in [0.25, 0.3) is 11.8 Å². The average Bonchev–Trinajstić information content (AvgIpc) is 3.29. The van der Waals surface area contributed by atoms with Crippen LogP contribution in [0.2, 0.25) is 10.0 Å². The smallest absolute Gasteiger partial charge is 0.322 e. The van der Waals surface area contributed by atoms with E-state index in [-0.39, 0.29) is 44.8 Å². The molecule has 0 spiro atoms. The summed E-state index contributed by atoms with van der Waals surface area (Å²) in [5.74, 6) is -4.76. The number of hydrogen-bond donors (Lipinski definition) is 2. The predicted molar refractivity (Wildman–Crippen MR) is 228 cm³/mol. The fraction of sp³-hybridized carbons (Fsp3) is 0.0435. The average molecular weight is 948 g/mol. The molecule has 0 aliphatic rings. The Kier molecular flexibility index (Phi) is 13.2. The van der Waals surface area contributed by atoms with Crippen LogP contribution in [0.1, 0.15) is 63.7 Å². The van der Waals surface area contributed by atoms with E-state index < -0.39 is 68.5 Å². The minimum Gasteiger partial charge on any atom is -0.322 e. The van der Waals surface area contributed by atoms with E-state index in [0.717, 1.165) is 48.5 Å². The highest BCUT2D eigenvalue weighted by Crippen LogP contribution is 2.37. The lowest BCUT2D eigenvalue weighted by Crippen LogP contribution is -2.15. The lowest BCUT2D eigenvalue weighted by Gasteiger charge is -2.12. The van der Waals surface area contributed by atoms with Crippen molar-refractivity contribution >= 4 is 80.0 Å². The van der Waals surface area contributed by atoms with E-state index in [9.17, 15) is 54.3 Å². The number of carbonyl (C=O) groups is 4. The number of anilines is 2. The molecule has 332 valence electrons. The van der Waals surface area contributed by atoms with Crippen LogP contribution in [0, 0.1) is 11.6 Å². The number of ketones is 2. The van der Waals surface area contributed by atoms with Crippen molar-refractivity contribution in [2.75, 3.05) is 10.6 Å². The second-order valence-electron chi connectivity index (χ2n) is 13.9. The molecule has 0 atom stereocenters. The maximum absolute atomic E-state index is 14.4. The molecule has 20 heteroatoms. The molecule has 8 rings (SSSR count). The number of fused-ring (bicyclic) bond motifs is 2. The number of amides is 2. The van der Waals surface area contributed by atoms with Crippen molar-refractivity contribution in [2.45, 2.75) is 12.4 Å². The molecule has 6 aromatic carbocycles. The van der Waals surface area contributed by atoms with E-state index in [1.807, 2.05) is 0 Å². The first-order valence-electron chi connectivity index (χ1n) is 18.7. The van der Waals surface area contributed by atoms with Crippen molar-refractivity contribution < 1.29 is 54.3 Å². The summed E-state index contributed by atoms with van der Waals surface area (Å²) in [6.45, 7) is 0. The number of hydrogen-bond acceptors (Lipinski definition) is 8. The van der Waals surface area contributed by atoms with Crippen LogP contribution in [0.15, 0.2) is 134 Å². The van der Waals surface area contributed by atoms with Gasteiger partial charge in [-0.2, -0.15) is 26.3 Å². The van der Waals surface area contributed by atoms with Crippen molar-refractivity contribution in [1.29, 1.82) is 0 Å². The molecule has 2 amide bonds. The number of nitrogens with zero attached hydrogens (tertiary/aromatic N) is 4. The number of carbonyl (C=O) groups excluding carboxylic acids is 4. The van der Waals surface area contributed by atoms with Crippen LogP contribution in [0.4, 0.5) is 46.5 Å². The van der Waals surface area contributed by atoms with Crippen molar-refractivity contribution in [3.8, 4) is 0 Å². The zero-order valence-electron chi connectivity index (χ0n) is 32.9. The number of alkyl halides is 6. The Morgan fingerprint density at radius 1 is 0.424 bits per heavy atom. The van der Waals surface area contributed by atoms with Crippen molar-refractivity contribution in [1.82, 2.24) is 19.9 Å². The van der Waals surface area contributed by atoms with Gasteiger partial charge in [-0.25, -0.2) is 8.78 Å². The first-order chi connectivity index (χ1) is 31.3. The molecule has 2 aromatic heterocycles. The third-order valence-corrected chi connectivity index (χ3v) is 10.1. The largest absolute Gasteiger partial charge is 0.417 e. The molecule has 0 radical (unpaired) electrons. The summed E-state index contributed by atoms with van der Waals surface area (Å²) < 4.78 is 107. The maximum atomic E-state index is 14.4. The van der Waals surface area contributed by atoms with Crippen LogP contribution in [0.5, 0.6) is 0 Å². The lowest BCUT2D eigenvalue weighted by atomic mass is 10.0. The first-order valence-corrected chi connectivity index (χ1v) is 19.5. The number of benzene rings is 6. The topological polar surface area (TPSA) is 144 Å². The van der Waals surface area contributed by atoms with Gasteiger partial charge in [0.15, 0.2) is 11.6 Å². The predicted octanol–water partition coefficient (Wildman–Crippen LogP) is 11.8. The summed E-state index contributed by atoms with van der Waals surface area (Å²) in [4.78, 5) is 67.1. The van der Waals surface area contributed by atoms with E-state index in [1.54, 1.807) is 12.1 Å². The summed E-state index contributed by atoms with van der Waals surface area (Å²) in [6, 6.07) is 20.9. The van der Waals surface area contributed by atoms with Crippen molar-refractivity contribution in [2.24, 2.45) is 0 Å². The van der Waals surface area contributed by atoms with Crippen molar-refractivity contribution in [3.05, 3.63) is 200 Å². The second-order valence-corrected chi connectivity index (χ2v) is 14.7. The van der Waals surface area contributed by atoms with E-state index in [0.29, 0.717) is 34.2 Å². The van der Waals surface area contributed by atoms with Crippen LogP contribution in [-0.4, -0.2) is 43.3 Å². The molecule has 66 heavy (non-hydrogen) atoms. The Morgan fingerprint density at radius 2 is 0.773 bits per heavy atom. The van der Waals surface area contributed by atoms with Crippen LogP contribution in [0.3, 0.4) is 0 Å². The first kappa shape index (κ1) is 46.3. The molecule has 10 nitrogen and oxygen atoms in total. The van der Waals surface area contributed by atoms with Gasteiger partial charge in [-0.05, 0) is 109 Å². The summed E-state index contributed by atoms with van der Waals surface area (Å²) in [6.07, 6.45) is -3.59. The van der Waals surface area contributed by atoms with Gasteiger partial charge in [-0.3, -0.25) is 39.1 Å². The van der Waals surface area contributed by atoms with Gasteiger partial charge in [0.1, 0.15) is 11.6 Å². The standard InChI is InChI=1S/2C23H12ClF4N3O2/c2*24-17-4-1-13(9-16(17)23(26,27)28)22(33)31-14-3-5-18(25)15(11-14)21(32)12-2-6-19-20(10-12)30-8-7-29-19/h2*1-11H,(H,31,33). The van der Waals surface area contributed by atoms with Gasteiger partial charge in [-0.15, -0.1) is 0 Å². The Bertz CT molecular complexity index is 3030. The highest BCUT2D eigenvalue weighted by Gasteiger charge is 2.35. The maximum Gasteiger partial charge on any atom is 0.417 e. The van der Waals surface area contributed by atoms with Gasteiger partial charge >= 0.3 is 12.4 Å². The highest BCUT2D eigenvalue weighted by atomic mass is 35.5. The molecule has 2 heterocycles. The van der Waals surface area contributed by atoms with Crippen molar-refractivity contribution in [3.63, 3.8) is 0 Å². The quantitative estimate of drug-likeness (QED) is 0.113. The zero-order valence-corrected chi connectivity index (χ0v) is 34.4. The lowest BCUT2D eigenvalue weighted by molar-refractivity contribution is -0.138. The van der Waals surface area contributed by atoms with Gasteiger partial charge in [0, 0.05) is 58.4 Å². The number of nitrogens with one attached hydrogen (secondary N) is 2. The Hall–Kier alpha value is -7.70. The van der Waals surface area contributed by atoms with Crippen LogP contribution in [-0.2, 0) is 12.4 Å². The molecule has 0 saturated carbocycles. The molecule has 8 aromatic rings. The number of halogens is 10. The molecule has 0 unspecified atom stereocenters. The van der Waals surface area contributed by atoms with E-state index in [4.69, 9.17) is 23.2 Å². The fourth-order valence-electron chi connectivity index (χ4n) is 6.25. The van der Waals surface area contributed by atoms with E-state index in [2.05, 4.69) is 30.6 Å². The SMILES string of the molecule is O=C(Nc1ccc(F)c(C(=O)c2ccc3nccnc3c2)c1)c1ccc(Cl)c(C(F)(F)F)c1.O=C(Nc1ccc(F)c(C(=O)c2ccc3nccnc3c2)c1)c1ccc(Cl)c(C(F)(F)F)c1. The Morgan fingerprint density at radius 3 is 1.14 bits per heavy atom. The van der Waals surface area contributed by atoms with E-state index >= 15 is 0 Å². The highest BCUT2D eigenvalue weighted by molar-refractivity contribution is 6.32. The minimum atomic E-state index is -4.74. The van der Waals surface area contributed by atoms with E-state index in [1.165, 1.54) is 61.2 Å². The third kappa shape index (κ3) is 10.5. The van der Waals surface area contributed by atoms with Gasteiger partial charge in [-0.1, -0.05) is 23.2 Å². The summed E-state index contributed by atoms with van der Waals surface area (Å²) >= 11 is 11.1. The minimum absolute atomic E-state index is 0.0221. The van der Waals surface area contributed by atoms with Gasteiger partial charge in [0.2, 0.25) is 0 Å². The summed E-state index contributed by atoms with van der Waals surface area (Å²) in [5.41, 5.74) is -1.27. The van der Waals surface area contributed by atoms with Gasteiger partial charge in [0.05, 0.1) is 54.4 Å². The molecule has 2 N–H and O–H groups in total. The Labute approximate surface area is 376 Å². The van der Waals surface area contributed by atoms with Crippen LogP contribution in [0.25, 0.3) is 22.1 Å². The van der Waals surface area contributed by atoms with Gasteiger partial charge < -0.3 is 10.6 Å². The molecule has 0 aliphatic heterocycles. The number of aromatic nitrogens is 4. The molecule has 0 fully saturated rings. The molecule has 0 saturated heterocycles. The van der Waals surface area contributed by atoms with Crippen LogP contribution >= 0.6 is 23.2 Å². The molecular weight excluding hydrogens is 923 g/mol. The zero-order chi connectivity index (χ0) is 47.5. The van der Waals surface area contributed by atoms with Crippen LogP contribution < -0.4 is 10.6 Å². The summed E-state index contributed by atoms with van der Waals surface area (Å²) in [7, 11) is 0. The molecule has 0 aliphatic carbocycles. The number of rotatable bonds is 8. The fourth-order valence-corrected chi connectivity index (χ4v) is 6.70. The normalized spacial score (nSPS) is 11.4. The Balaban J connectivity index is 0.000000196. The third-order valence-electron chi connectivity index (χ3n) is 9.47. The second kappa shape index (κ2) is 18.8. The molecular formula is C46H24Cl2F8N6O4. The molecule has 0 bridgehead atoms.